The molecule has 1 aliphatic rings. The number of hydrogen-bond donors (Lipinski definition) is 3. The van der Waals surface area contributed by atoms with E-state index >= 15 is 0 Å². The molecular formula is C16H22FN3O4. The largest absolute Gasteiger partial charge is 0.494 e. The maximum atomic E-state index is 13.7. The Morgan fingerprint density at radius 2 is 2.38 bits per heavy atom. The van der Waals surface area contributed by atoms with Gasteiger partial charge in [-0.05, 0) is 24.6 Å². The first-order chi connectivity index (χ1) is 11.6. The Morgan fingerprint density at radius 3 is 3.00 bits per heavy atom. The Hall–Kier alpha value is -2.35. The molecule has 0 aromatic heterocycles. The number of carbonyl (C=O) groups is 1. The summed E-state index contributed by atoms with van der Waals surface area (Å²) in [5, 5.41) is 18.3. The van der Waals surface area contributed by atoms with Crippen molar-refractivity contribution in [2.24, 2.45) is 5.16 Å². The highest BCUT2D eigenvalue weighted by Gasteiger charge is 2.23. The van der Waals surface area contributed by atoms with Crippen LogP contribution >= 0.6 is 0 Å². The molecular weight excluding hydrogens is 317 g/mol. The second-order valence-corrected chi connectivity index (χ2v) is 5.46. The maximum Gasteiger partial charge on any atom is 0.315 e. The standard InChI is InChI=1S/C16H22FN3O4/c1-3-11(9-21)19-16(22)18-8-12-7-14(20-24-12)10-4-5-15(23-2)13(17)6-10/h4-6,11-12,21H,3,7-9H2,1-2H3,(H2,18,19,22)/t11-,12-/m1/s1. The van der Waals surface area contributed by atoms with E-state index in [0.717, 1.165) is 0 Å². The molecule has 2 amide bonds. The smallest absolute Gasteiger partial charge is 0.315 e. The Kier molecular flexibility index (Phi) is 6.36. The Balaban J connectivity index is 1.82. The van der Waals surface area contributed by atoms with Crippen LogP contribution < -0.4 is 15.4 Å². The number of aliphatic hydroxyl groups excluding tert-OH is 1. The van der Waals surface area contributed by atoms with Gasteiger partial charge in [0.1, 0.15) is 0 Å². The number of aliphatic hydroxyl groups is 1. The van der Waals surface area contributed by atoms with Crippen LogP contribution in [0.1, 0.15) is 25.3 Å². The lowest BCUT2D eigenvalue weighted by Gasteiger charge is -2.16. The molecule has 0 spiro atoms. The number of carbonyl (C=O) groups excluding carboxylic acids is 1. The normalized spacial score (nSPS) is 17.7. The van der Waals surface area contributed by atoms with Gasteiger partial charge in [-0.25, -0.2) is 9.18 Å². The zero-order chi connectivity index (χ0) is 17.5. The van der Waals surface area contributed by atoms with Crippen LogP contribution in [0.4, 0.5) is 9.18 Å². The first kappa shape index (κ1) is 18.0. The zero-order valence-electron chi connectivity index (χ0n) is 13.7. The molecule has 0 aliphatic carbocycles. The van der Waals surface area contributed by atoms with Crippen molar-refractivity contribution < 1.29 is 23.9 Å². The predicted octanol–water partition coefficient (Wildman–Crippen LogP) is 1.40. The lowest BCUT2D eigenvalue weighted by atomic mass is 10.0. The molecule has 2 atom stereocenters. The number of halogens is 1. The molecule has 0 saturated carbocycles. The SMILES string of the molecule is CC[C@H](CO)NC(=O)NC[C@H]1CC(c2ccc(OC)c(F)c2)=NO1. The molecule has 1 aromatic rings. The molecule has 2 rings (SSSR count). The molecule has 0 unspecified atom stereocenters. The average molecular weight is 339 g/mol. The first-order valence-electron chi connectivity index (χ1n) is 7.79. The summed E-state index contributed by atoms with van der Waals surface area (Å²) in [4.78, 5) is 17.0. The number of benzene rings is 1. The van der Waals surface area contributed by atoms with Crippen molar-refractivity contribution in [1.29, 1.82) is 0 Å². The molecule has 0 fully saturated rings. The van der Waals surface area contributed by atoms with E-state index in [-0.39, 0.29) is 37.1 Å². The van der Waals surface area contributed by atoms with E-state index in [4.69, 9.17) is 14.7 Å². The highest BCUT2D eigenvalue weighted by molar-refractivity contribution is 6.01. The van der Waals surface area contributed by atoms with Crippen molar-refractivity contribution in [3.63, 3.8) is 0 Å². The lowest BCUT2D eigenvalue weighted by molar-refractivity contribution is 0.0863. The van der Waals surface area contributed by atoms with Crippen LogP contribution in [0.25, 0.3) is 0 Å². The summed E-state index contributed by atoms with van der Waals surface area (Å²) >= 11 is 0. The second kappa shape index (κ2) is 8.49. The molecule has 132 valence electrons. The topological polar surface area (TPSA) is 92.2 Å². The fourth-order valence-electron chi connectivity index (χ4n) is 2.27. The van der Waals surface area contributed by atoms with Crippen LogP contribution in [-0.4, -0.2) is 49.3 Å². The van der Waals surface area contributed by atoms with E-state index < -0.39 is 5.82 Å². The number of methoxy groups -OCH3 is 1. The van der Waals surface area contributed by atoms with Crippen molar-refractivity contribution in [2.75, 3.05) is 20.3 Å². The molecule has 7 nitrogen and oxygen atoms in total. The molecule has 0 saturated heterocycles. The van der Waals surface area contributed by atoms with E-state index in [1.54, 1.807) is 6.07 Å². The van der Waals surface area contributed by atoms with Crippen LogP contribution in [0.15, 0.2) is 23.4 Å². The number of amides is 2. The summed E-state index contributed by atoms with van der Waals surface area (Å²) in [6, 6.07) is 3.94. The van der Waals surface area contributed by atoms with Crippen LogP contribution in [0.3, 0.4) is 0 Å². The average Bonchev–Trinajstić information content (AvgIpc) is 3.06. The van der Waals surface area contributed by atoms with Crippen molar-refractivity contribution in [3.8, 4) is 5.75 Å². The Labute approximate surface area is 139 Å². The number of urea groups is 1. The van der Waals surface area contributed by atoms with Gasteiger partial charge in [0, 0.05) is 12.0 Å². The molecule has 8 heteroatoms. The van der Waals surface area contributed by atoms with E-state index in [0.29, 0.717) is 24.1 Å². The van der Waals surface area contributed by atoms with Gasteiger partial charge in [0.05, 0.1) is 32.0 Å². The Morgan fingerprint density at radius 1 is 1.58 bits per heavy atom. The Bertz CT molecular complexity index is 605. The van der Waals surface area contributed by atoms with Crippen LogP contribution in [0.5, 0.6) is 5.75 Å². The quantitative estimate of drug-likeness (QED) is 0.700. The fraction of sp³-hybridized carbons (Fsp3) is 0.500. The number of rotatable bonds is 7. The molecule has 0 bridgehead atoms. The van der Waals surface area contributed by atoms with E-state index in [2.05, 4.69) is 15.8 Å². The van der Waals surface area contributed by atoms with Gasteiger partial charge in [0.2, 0.25) is 0 Å². The molecule has 0 radical (unpaired) electrons. The van der Waals surface area contributed by atoms with Crippen LogP contribution in [0.2, 0.25) is 0 Å². The summed E-state index contributed by atoms with van der Waals surface area (Å²) in [6.07, 6.45) is 0.786. The second-order valence-electron chi connectivity index (χ2n) is 5.46. The molecule has 1 aliphatic heterocycles. The molecule has 24 heavy (non-hydrogen) atoms. The predicted molar refractivity (Wildman–Crippen MR) is 86.7 cm³/mol. The van der Waals surface area contributed by atoms with Gasteiger partial charge < -0.3 is 25.3 Å². The number of nitrogens with zero attached hydrogens (tertiary/aromatic N) is 1. The van der Waals surface area contributed by atoms with Gasteiger partial charge in [0.15, 0.2) is 17.7 Å². The summed E-state index contributed by atoms with van der Waals surface area (Å²) in [6.45, 7) is 2.02. The minimum Gasteiger partial charge on any atom is -0.494 e. The van der Waals surface area contributed by atoms with Gasteiger partial charge in [-0.1, -0.05) is 12.1 Å². The minimum atomic E-state index is -0.465. The number of hydrogen-bond acceptors (Lipinski definition) is 5. The summed E-state index contributed by atoms with van der Waals surface area (Å²) in [5.41, 5.74) is 1.23. The third kappa shape index (κ3) is 4.58. The fourth-order valence-corrected chi connectivity index (χ4v) is 2.27. The summed E-state index contributed by atoms with van der Waals surface area (Å²) in [7, 11) is 1.40. The highest BCUT2D eigenvalue weighted by atomic mass is 19.1. The zero-order valence-corrected chi connectivity index (χ0v) is 13.7. The molecule has 3 N–H and O–H groups in total. The highest BCUT2D eigenvalue weighted by Crippen LogP contribution is 2.22. The van der Waals surface area contributed by atoms with E-state index in [9.17, 15) is 9.18 Å². The monoisotopic (exact) mass is 339 g/mol. The van der Waals surface area contributed by atoms with Crippen LogP contribution in [-0.2, 0) is 4.84 Å². The van der Waals surface area contributed by atoms with E-state index in [1.807, 2.05) is 6.92 Å². The summed E-state index contributed by atoms with van der Waals surface area (Å²) < 4.78 is 18.6. The minimum absolute atomic E-state index is 0.111. The van der Waals surface area contributed by atoms with Gasteiger partial charge in [0.25, 0.3) is 0 Å². The lowest BCUT2D eigenvalue weighted by Crippen LogP contribution is -2.45. The number of nitrogens with one attached hydrogen (secondary N) is 2. The van der Waals surface area contributed by atoms with Gasteiger partial charge >= 0.3 is 6.03 Å². The van der Waals surface area contributed by atoms with Crippen molar-refractivity contribution in [2.45, 2.75) is 31.9 Å². The third-order valence-electron chi connectivity index (χ3n) is 3.76. The number of ether oxygens (including phenoxy) is 1. The third-order valence-corrected chi connectivity index (χ3v) is 3.76. The van der Waals surface area contributed by atoms with Gasteiger partial charge in [-0.15, -0.1) is 0 Å². The number of oxime groups is 1. The van der Waals surface area contributed by atoms with Crippen molar-refractivity contribution in [1.82, 2.24) is 10.6 Å². The van der Waals surface area contributed by atoms with Gasteiger partial charge in [-0.3, -0.25) is 0 Å². The van der Waals surface area contributed by atoms with E-state index in [1.165, 1.54) is 19.2 Å². The van der Waals surface area contributed by atoms with Gasteiger partial charge in [-0.2, -0.15) is 0 Å². The molecule has 1 aromatic carbocycles. The van der Waals surface area contributed by atoms with Crippen molar-refractivity contribution in [3.05, 3.63) is 29.6 Å². The summed E-state index contributed by atoms with van der Waals surface area (Å²) in [5.74, 6) is -0.296. The van der Waals surface area contributed by atoms with Crippen molar-refractivity contribution >= 4 is 11.7 Å². The molecule has 1 heterocycles. The van der Waals surface area contributed by atoms with Crippen LogP contribution in [0, 0.1) is 5.82 Å². The first-order valence-corrected chi connectivity index (χ1v) is 7.79. The maximum absolute atomic E-state index is 13.7.